The first-order valence-electron chi connectivity index (χ1n) is 11.6. The summed E-state index contributed by atoms with van der Waals surface area (Å²) in [7, 11) is 3.93. The van der Waals surface area contributed by atoms with Gasteiger partial charge in [0.25, 0.3) is 0 Å². The molecule has 198 valence electrons. The van der Waals surface area contributed by atoms with Gasteiger partial charge in [-0.1, -0.05) is 35.3 Å². The van der Waals surface area contributed by atoms with Gasteiger partial charge < -0.3 is 31.0 Å². The fourth-order valence-electron chi connectivity index (χ4n) is 3.38. The molecule has 12 heteroatoms. The predicted molar refractivity (Wildman–Crippen MR) is 149 cm³/mol. The number of halogens is 2. The Balaban J connectivity index is 2.30. The highest BCUT2D eigenvalue weighted by molar-refractivity contribution is 6.42. The van der Waals surface area contributed by atoms with Gasteiger partial charge in [0.05, 0.1) is 34.9 Å². The van der Waals surface area contributed by atoms with E-state index >= 15 is 0 Å². The number of carbonyl (C=O) groups is 1. The van der Waals surface area contributed by atoms with Crippen LogP contribution in [0.1, 0.15) is 12.5 Å². The highest BCUT2D eigenvalue weighted by atomic mass is 35.5. The van der Waals surface area contributed by atoms with E-state index in [0.29, 0.717) is 40.2 Å². The molecule has 37 heavy (non-hydrogen) atoms. The SMILES string of the molecule is CCN(C(=O)CN)C(CN=C(NC#N)Nc1cccc(OCCN(C)C)c1)C(=N)c1ccc(Cl)c(Cl)c1. The summed E-state index contributed by atoms with van der Waals surface area (Å²) in [4.78, 5) is 20.6. The Hall–Kier alpha value is -3.36. The molecule has 0 spiro atoms. The van der Waals surface area contributed by atoms with Crippen LogP contribution in [0.4, 0.5) is 5.69 Å². The van der Waals surface area contributed by atoms with Crippen LogP contribution in [0.25, 0.3) is 0 Å². The van der Waals surface area contributed by atoms with E-state index in [1.165, 1.54) is 4.90 Å². The molecule has 0 saturated heterocycles. The standard InChI is InChI=1S/C25H32Cl2N8O2/c1-4-35(23(36)14-28)22(24(30)17-8-9-20(26)21(27)12-17)15-31-25(32-16-29)33-18-6-5-7-19(13-18)37-11-10-34(2)3/h5-9,12-13,22,30H,4,10-11,14-15,28H2,1-3H3,(H2,31,32,33). The van der Waals surface area contributed by atoms with Gasteiger partial charge in [0.1, 0.15) is 12.4 Å². The molecule has 1 amide bonds. The quantitative estimate of drug-likeness (QED) is 0.138. The molecule has 2 aromatic carbocycles. The van der Waals surface area contributed by atoms with Crippen LogP contribution in [-0.4, -0.2) is 80.3 Å². The number of nitrogens with two attached hydrogens (primary N) is 1. The van der Waals surface area contributed by atoms with Crippen molar-refractivity contribution in [1.82, 2.24) is 15.1 Å². The highest BCUT2D eigenvalue weighted by Crippen LogP contribution is 2.24. The maximum Gasteiger partial charge on any atom is 0.236 e. The molecule has 5 N–H and O–H groups in total. The summed E-state index contributed by atoms with van der Waals surface area (Å²) in [6, 6.07) is 11.3. The number of nitriles is 1. The number of rotatable bonds is 12. The van der Waals surface area contributed by atoms with Gasteiger partial charge in [0.2, 0.25) is 11.9 Å². The van der Waals surface area contributed by atoms with Crippen LogP contribution in [0.5, 0.6) is 5.75 Å². The summed E-state index contributed by atoms with van der Waals surface area (Å²) in [5.41, 5.74) is 6.86. The Kier molecular flexibility index (Phi) is 12.1. The number of hydrogen-bond acceptors (Lipinski definition) is 7. The van der Waals surface area contributed by atoms with E-state index in [1.54, 1.807) is 37.3 Å². The number of hydrogen-bond donors (Lipinski definition) is 4. The molecule has 0 fully saturated rings. The number of aliphatic imine (C=N–C) groups is 1. The molecule has 10 nitrogen and oxygen atoms in total. The molecule has 0 aliphatic rings. The van der Waals surface area contributed by atoms with E-state index in [9.17, 15) is 10.1 Å². The second-order valence-corrected chi connectivity index (χ2v) is 8.99. The van der Waals surface area contributed by atoms with Crippen LogP contribution < -0.4 is 21.1 Å². The molecule has 2 aromatic rings. The van der Waals surface area contributed by atoms with E-state index in [0.717, 1.165) is 6.54 Å². The van der Waals surface area contributed by atoms with Crippen molar-refractivity contribution in [3.05, 3.63) is 58.1 Å². The Morgan fingerprint density at radius 2 is 2.00 bits per heavy atom. The van der Waals surface area contributed by atoms with Crippen LogP contribution in [0.15, 0.2) is 47.5 Å². The maximum absolute atomic E-state index is 12.6. The van der Waals surface area contributed by atoms with Gasteiger partial charge in [0, 0.05) is 24.8 Å². The first kappa shape index (κ1) is 29.9. The van der Waals surface area contributed by atoms with Crippen LogP contribution in [0, 0.1) is 16.9 Å². The molecule has 1 unspecified atom stereocenters. The topological polar surface area (TPSA) is 143 Å². The second kappa shape index (κ2) is 15.0. The number of carbonyl (C=O) groups excluding carboxylic acids is 1. The van der Waals surface area contributed by atoms with Crippen LogP contribution in [0.2, 0.25) is 10.0 Å². The van der Waals surface area contributed by atoms with Gasteiger partial charge in [-0.2, -0.15) is 5.26 Å². The van der Waals surface area contributed by atoms with Crippen molar-refractivity contribution >= 4 is 46.5 Å². The van der Waals surface area contributed by atoms with Gasteiger partial charge in [-0.25, -0.2) is 4.99 Å². The summed E-state index contributed by atoms with van der Waals surface area (Å²) in [6.07, 6.45) is 1.86. The van der Waals surface area contributed by atoms with Crippen molar-refractivity contribution in [3.63, 3.8) is 0 Å². The molecule has 1 atom stereocenters. The van der Waals surface area contributed by atoms with Gasteiger partial charge in [-0.15, -0.1) is 0 Å². The molecule has 0 radical (unpaired) electrons. The molecular weight excluding hydrogens is 515 g/mol. The largest absolute Gasteiger partial charge is 0.492 e. The number of likely N-dealkylation sites (N-methyl/N-ethyl adjacent to an activating group) is 2. The normalized spacial score (nSPS) is 12.0. The summed E-state index contributed by atoms with van der Waals surface area (Å²) in [5, 5.41) is 24.3. The fourth-order valence-corrected chi connectivity index (χ4v) is 3.68. The summed E-state index contributed by atoms with van der Waals surface area (Å²) in [5.74, 6) is 0.474. The minimum absolute atomic E-state index is 0.0191. The third kappa shape index (κ3) is 9.22. The van der Waals surface area contributed by atoms with Crippen molar-refractivity contribution in [3.8, 4) is 11.9 Å². The summed E-state index contributed by atoms with van der Waals surface area (Å²) >= 11 is 12.2. The molecule has 0 heterocycles. The van der Waals surface area contributed by atoms with E-state index in [4.69, 9.17) is 39.1 Å². The molecule has 2 rings (SSSR count). The van der Waals surface area contributed by atoms with Crippen LogP contribution in [-0.2, 0) is 4.79 Å². The number of nitrogens with one attached hydrogen (secondary N) is 3. The highest BCUT2D eigenvalue weighted by Gasteiger charge is 2.27. The minimum atomic E-state index is -0.767. The molecular formula is C25H32Cl2N8O2. The first-order valence-corrected chi connectivity index (χ1v) is 12.3. The molecule has 0 bridgehead atoms. The number of amides is 1. The third-order valence-electron chi connectivity index (χ3n) is 5.28. The predicted octanol–water partition coefficient (Wildman–Crippen LogP) is 3.02. The number of guanidine groups is 1. The average Bonchev–Trinajstić information content (AvgIpc) is 2.87. The van der Waals surface area contributed by atoms with E-state index in [2.05, 4.69) is 15.6 Å². The van der Waals surface area contributed by atoms with Gasteiger partial charge in [0.15, 0.2) is 6.19 Å². The van der Waals surface area contributed by atoms with Crippen LogP contribution >= 0.6 is 23.2 Å². The van der Waals surface area contributed by atoms with Crippen molar-refractivity contribution in [1.29, 1.82) is 10.7 Å². The zero-order valence-corrected chi connectivity index (χ0v) is 22.6. The lowest BCUT2D eigenvalue weighted by Gasteiger charge is -2.30. The Morgan fingerprint density at radius 1 is 1.24 bits per heavy atom. The average molecular weight is 547 g/mol. The van der Waals surface area contributed by atoms with E-state index in [1.807, 2.05) is 37.3 Å². The van der Waals surface area contributed by atoms with Crippen molar-refractivity contribution in [2.45, 2.75) is 13.0 Å². The smallest absolute Gasteiger partial charge is 0.236 e. The van der Waals surface area contributed by atoms with Crippen molar-refractivity contribution in [2.75, 3.05) is 52.2 Å². The van der Waals surface area contributed by atoms with E-state index in [-0.39, 0.29) is 30.7 Å². The van der Waals surface area contributed by atoms with Crippen molar-refractivity contribution in [2.24, 2.45) is 10.7 Å². The maximum atomic E-state index is 12.6. The molecule has 0 saturated carbocycles. The summed E-state index contributed by atoms with van der Waals surface area (Å²) < 4.78 is 5.77. The third-order valence-corrected chi connectivity index (χ3v) is 6.02. The second-order valence-electron chi connectivity index (χ2n) is 8.17. The first-order chi connectivity index (χ1) is 17.7. The molecule has 0 aromatic heterocycles. The van der Waals surface area contributed by atoms with Crippen LogP contribution in [0.3, 0.4) is 0 Å². The zero-order chi connectivity index (χ0) is 27.4. The number of anilines is 1. The number of ether oxygens (including phenoxy) is 1. The van der Waals surface area contributed by atoms with Gasteiger partial charge >= 0.3 is 0 Å². The summed E-state index contributed by atoms with van der Waals surface area (Å²) in [6.45, 7) is 3.15. The minimum Gasteiger partial charge on any atom is -0.492 e. The van der Waals surface area contributed by atoms with Crippen molar-refractivity contribution < 1.29 is 9.53 Å². The Bertz CT molecular complexity index is 1150. The monoisotopic (exact) mass is 546 g/mol. The zero-order valence-electron chi connectivity index (χ0n) is 21.1. The van der Waals surface area contributed by atoms with Gasteiger partial charge in [-0.05, 0) is 50.8 Å². The molecule has 0 aliphatic carbocycles. The van der Waals surface area contributed by atoms with E-state index < -0.39 is 6.04 Å². The number of nitrogens with zero attached hydrogens (tertiary/aromatic N) is 4. The Labute approximate surface area is 227 Å². The lowest BCUT2D eigenvalue weighted by atomic mass is 10.0. The lowest BCUT2D eigenvalue weighted by molar-refractivity contribution is -0.130. The number of benzene rings is 2. The van der Waals surface area contributed by atoms with Gasteiger partial charge in [-0.3, -0.25) is 10.1 Å². The lowest BCUT2D eigenvalue weighted by Crippen LogP contribution is -2.49. The Morgan fingerprint density at radius 3 is 2.62 bits per heavy atom. The fraction of sp³-hybridized carbons (Fsp3) is 0.360. The molecule has 0 aliphatic heterocycles.